The van der Waals surface area contributed by atoms with Crippen molar-refractivity contribution >= 4 is 24.0 Å². The largest absolute Gasteiger partial charge is 0.478 e. The fraction of sp³-hybridized carbons (Fsp3) is 0.375. The van der Waals surface area contributed by atoms with Crippen LogP contribution in [0.5, 0.6) is 5.88 Å². The number of rotatable bonds is 3. The second kappa shape index (κ2) is 6.09. The van der Waals surface area contributed by atoms with Crippen LogP contribution in [0.1, 0.15) is 12.5 Å². The van der Waals surface area contributed by atoms with E-state index in [1.54, 1.807) is 6.20 Å². The second-order valence-electron chi connectivity index (χ2n) is 2.03. The molecule has 12 heavy (non-hydrogen) atoms. The summed E-state index contributed by atoms with van der Waals surface area (Å²) in [7, 11) is 0. The van der Waals surface area contributed by atoms with E-state index in [1.165, 1.54) is 0 Å². The number of alkyl halides is 1. The van der Waals surface area contributed by atoms with Gasteiger partial charge in [0.05, 0.1) is 12.5 Å². The molecule has 0 aromatic carbocycles. The minimum atomic E-state index is 0. The molecule has 0 saturated carbocycles. The molecule has 1 heterocycles. The summed E-state index contributed by atoms with van der Waals surface area (Å²) in [4.78, 5) is 4.03. The Morgan fingerprint density at radius 2 is 2.33 bits per heavy atom. The zero-order valence-electron chi connectivity index (χ0n) is 6.79. The van der Waals surface area contributed by atoms with Crippen LogP contribution in [0.15, 0.2) is 18.3 Å². The molecular formula is C8H11Cl2NO. The number of hydrogen-bond acceptors (Lipinski definition) is 2. The molecule has 0 amide bonds. The summed E-state index contributed by atoms with van der Waals surface area (Å²) in [6, 6.07) is 3.76. The van der Waals surface area contributed by atoms with Crippen LogP contribution in [-0.2, 0) is 5.88 Å². The van der Waals surface area contributed by atoms with Gasteiger partial charge in [0, 0.05) is 11.8 Å². The third kappa shape index (κ3) is 2.88. The fourth-order valence-corrected chi connectivity index (χ4v) is 0.996. The maximum Gasteiger partial charge on any atom is 0.217 e. The van der Waals surface area contributed by atoms with Crippen LogP contribution in [0, 0.1) is 0 Å². The van der Waals surface area contributed by atoms with Crippen LogP contribution in [-0.4, -0.2) is 11.6 Å². The number of ether oxygens (including phenoxy) is 1. The Labute approximate surface area is 83.3 Å². The van der Waals surface area contributed by atoms with Crippen LogP contribution in [0.25, 0.3) is 0 Å². The monoisotopic (exact) mass is 207 g/mol. The van der Waals surface area contributed by atoms with Crippen molar-refractivity contribution in [2.24, 2.45) is 0 Å². The first-order valence-electron chi connectivity index (χ1n) is 3.51. The Morgan fingerprint density at radius 1 is 1.58 bits per heavy atom. The number of halogens is 2. The van der Waals surface area contributed by atoms with E-state index >= 15 is 0 Å². The van der Waals surface area contributed by atoms with E-state index in [4.69, 9.17) is 16.3 Å². The number of nitrogens with zero attached hydrogens (tertiary/aromatic N) is 1. The third-order valence-electron chi connectivity index (χ3n) is 1.27. The van der Waals surface area contributed by atoms with E-state index in [9.17, 15) is 0 Å². The summed E-state index contributed by atoms with van der Waals surface area (Å²) in [5, 5.41) is 0. The SMILES string of the molecule is CCOc1ncccc1CCl.Cl. The van der Waals surface area contributed by atoms with Gasteiger partial charge in [-0.1, -0.05) is 6.07 Å². The predicted molar refractivity (Wildman–Crippen MR) is 52.2 cm³/mol. The van der Waals surface area contributed by atoms with Crippen molar-refractivity contribution in [3.63, 3.8) is 0 Å². The summed E-state index contributed by atoms with van der Waals surface area (Å²) < 4.78 is 5.23. The molecule has 0 saturated heterocycles. The molecule has 4 heteroatoms. The maximum atomic E-state index is 5.65. The van der Waals surface area contributed by atoms with Crippen molar-refractivity contribution in [2.45, 2.75) is 12.8 Å². The van der Waals surface area contributed by atoms with E-state index in [0.29, 0.717) is 18.4 Å². The highest BCUT2D eigenvalue weighted by Gasteiger charge is 2.00. The first-order valence-corrected chi connectivity index (χ1v) is 4.04. The van der Waals surface area contributed by atoms with Crippen molar-refractivity contribution in [1.29, 1.82) is 0 Å². The molecular weight excluding hydrogens is 197 g/mol. The van der Waals surface area contributed by atoms with E-state index in [-0.39, 0.29) is 12.4 Å². The van der Waals surface area contributed by atoms with Gasteiger partial charge in [0.1, 0.15) is 0 Å². The number of pyridine rings is 1. The summed E-state index contributed by atoms with van der Waals surface area (Å²) in [5.74, 6) is 1.09. The number of aromatic nitrogens is 1. The van der Waals surface area contributed by atoms with Gasteiger partial charge >= 0.3 is 0 Å². The molecule has 1 aromatic rings. The van der Waals surface area contributed by atoms with E-state index in [0.717, 1.165) is 5.56 Å². The highest BCUT2D eigenvalue weighted by Crippen LogP contribution is 2.15. The molecule has 0 aliphatic carbocycles. The van der Waals surface area contributed by atoms with Crippen LogP contribution in [0.3, 0.4) is 0 Å². The van der Waals surface area contributed by atoms with Gasteiger partial charge in [0.15, 0.2) is 0 Å². The molecule has 0 aliphatic heterocycles. The van der Waals surface area contributed by atoms with Gasteiger partial charge in [0.2, 0.25) is 5.88 Å². The van der Waals surface area contributed by atoms with Gasteiger partial charge in [-0.25, -0.2) is 4.98 Å². The Bertz CT molecular complexity index is 230. The van der Waals surface area contributed by atoms with Crippen molar-refractivity contribution in [3.05, 3.63) is 23.9 Å². The minimum Gasteiger partial charge on any atom is -0.478 e. The lowest BCUT2D eigenvalue weighted by Gasteiger charge is -2.04. The smallest absolute Gasteiger partial charge is 0.217 e. The third-order valence-corrected chi connectivity index (χ3v) is 1.56. The van der Waals surface area contributed by atoms with Crippen LogP contribution in [0.2, 0.25) is 0 Å². The molecule has 0 N–H and O–H groups in total. The quantitative estimate of drug-likeness (QED) is 0.712. The van der Waals surface area contributed by atoms with Crippen molar-refractivity contribution < 1.29 is 4.74 Å². The highest BCUT2D eigenvalue weighted by atomic mass is 35.5. The zero-order valence-corrected chi connectivity index (χ0v) is 8.36. The first kappa shape index (κ1) is 11.5. The van der Waals surface area contributed by atoms with Gasteiger partial charge in [-0.2, -0.15) is 0 Å². The molecule has 0 spiro atoms. The fourth-order valence-electron chi connectivity index (χ4n) is 0.793. The van der Waals surface area contributed by atoms with Crippen molar-refractivity contribution in [1.82, 2.24) is 4.98 Å². The van der Waals surface area contributed by atoms with Crippen LogP contribution < -0.4 is 4.74 Å². The summed E-state index contributed by atoms with van der Waals surface area (Å²) in [6.45, 7) is 2.55. The molecule has 1 aromatic heterocycles. The van der Waals surface area contributed by atoms with Crippen LogP contribution in [0.4, 0.5) is 0 Å². The van der Waals surface area contributed by atoms with Gasteiger partial charge in [-0.3, -0.25) is 0 Å². The van der Waals surface area contributed by atoms with E-state index in [1.807, 2.05) is 19.1 Å². The van der Waals surface area contributed by atoms with Crippen molar-refractivity contribution in [3.8, 4) is 5.88 Å². The van der Waals surface area contributed by atoms with Gasteiger partial charge in [0.25, 0.3) is 0 Å². The Morgan fingerprint density at radius 3 is 2.92 bits per heavy atom. The summed E-state index contributed by atoms with van der Waals surface area (Å²) >= 11 is 5.65. The predicted octanol–water partition coefficient (Wildman–Crippen LogP) is 2.64. The van der Waals surface area contributed by atoms with Gasteiger partial charge in [-0.15, -0.1) is 24.0 Å². The molecule has 0 aliphatic rings. The normalized spacial score (nSPS) is 8.83. The molecule has 0 atom stereocenters. The van der Waals surface area contributed by atoms with Gasteiger partial charge in [-0.05, 0) is 13.0 Å². The Balaban J connectivity index is 0.00000121. The molecule has 1 rings (SSSR count). The molecule has 2 nitrogen and oxygen atoms in total. The Kier molecular flexibility index (Phi) is 5.85. The molecule has 68 valence electrons. The second-order valence-corrected chi connectivity index (χ2v) is 2.30. The molecule has 0 unspecified atom stereocenters. The molecule has 0 fully saturated rings. The maximum absolute atomic E-state index is 5.65. The van der Waals surface area contributed by atoms with Crippen LogP contribution >= 0.6 is 24.0 Å². The highest BCUT2D eigenvalue weighted by molar-refractivity contribution is 6.17. The zero-order chi connectivity index (χ0) is 8.10. The van der Waals surface area contributed by atoms with E-state index in [2.05, 4.69) is 4.98 Å². The van der Waals surface area contributed by atoms with Gasteiger partial charge < -0.3 is 4.74 Å². The minimum absolute atomic E-state index is 0. The molecule has 0 bridgehead atoms. The van der Waals surface area contributed by atoms with Crippen molar-refractivity contribution in [2.75, 3.05) is 6.61 Å². The average Bonchev–Trinajstić information content (AvgIpc) is 2.06. The lowest BCUT2D eigenvalue weighted by Crippen LogP contribution is -1.97. The topological polar surface area (TPSA) is 22.1 Å². The standard InChI is InChI=1S/C8H10ClNO.ClH/c1-2-11-8-7(6-9)4-3-5-10-8;/h3-5H,2,6H2,1H3;1H. The summed E-state index contributed by atoms with van der Waals surface area (Å²) in [5.41, 5.74) is 0.941. The Hall–Kier alpha value is -0.470. The first-order chi connectivity index (χ1) is 5.38. The number of hydrogen-bond donors (Lipinski definition) is 0. The summed E-state index contributed by atoms with van der Waals surface area (Å²) in [6.07, 6.45) is 1.70. The average molecular weight is 208 g/mol. The lowest BCUT2D eigenvalue weighted by molar-refractivity contribution is 0.324. The molecule has 0 radical (unpaired) electrons. The lowest BCUT2D eigenvalue weighted by atomic mass is 10.3. The van der Waals surface area contributed by atoms with E-state index < -0.39 is 0 Å².